The lowest BCUT2D eigenvalue weighted by Gasteiger charge is -2.21. The highest BCUT2D eigenvalue weighted by molar-refractivity contribution is 7.91. The maximum Gasteiger partial charge on any atom is 0.175 e. The molecule has 1 aliphatic rings. The average Bonchev–Trinajstić information content (AvgIpc) is 2.59. The van der Waals surface area contributed by atoms with Crippen LogP contribution in [0.2, 0.25) is 5.15 Å². The van der Waals surface area contributed by atoms with E-state index in [0.717, 1.165) is 12.8 Å². The lowest BCUT2D eigenvalue weighted by atomic mass is 10.1. The van der Waals surface area contributed by atoms with Crippen LogP contribution in [0.15, 0.2) is 6.20 Å². The zero-order valence-electron chi connectivity index (χ0n) is 9.60. The number of ether oxygens (including phenoxy) is 1. The number of hydrogen-bond acceptors (Lipinski definition) is 4. The van der Waals surface area contributed by atoms with Crippen molar-refractivity contribution in [1.29, 1.82) is 0 Å². The molecule has 5 nitrogen and oxygen atoms in total. The van der Waals surface area contributed by atoms with Gasteiger partial charge in [-0.05, 0) is 18.8 Å². The molecule has 1 aromatic heterocycles. The monoisotopic (exact) mass is 278 g/mol. The molecule has 96 valence electrons. The second-order valence-corrected chi connectivity index (χ2v) is 6.90. The number of nitrogens with zero attached hydrogens (tertiary/aromatic N) is 2. The largest absolute Gasteiger partial charge is 0.492 e. The maximum absolute atomic E-state index is 11.5. The fourth-order valence-corrected chi connectivity index (χ4v) is 4.13. The van der Waals surface area contributed by atoms with Crippen molar-refractivity contribution in [3.05, 3.63) is 11.3 Å². The number of methoxy groups -OCH3 is 1. The molecule has 0 aromatic carbocycles. The first kappa shape index (κ1) is 12.7. The van der Waals surface area contributed by atoms with Crippen LogP contribution in [0.1, 0.15) is 12.8 Å². The molecule has 17 heavy (non-hydrogen) atoms. The van der Waals surface area contributed by atoms with E-state index in [2.05, 4.69) is 5.10 Å². The van der Waals surface area contributed by atoms with Crippen LogP contribution in [-0.2, 0) is 16.4 Å². The molecule has 1 unspecified atom stereocenters. The predicted octanol–water partition coefficient (Wildman–Crippen LogP) is 1.37. The van der Waals surface area contributed by atoms with E-state index >= 15 is 0 Å². The Labute approximate surface area is 106 Å². The van der Waals surface area contributed by atoms with E-state index in [1.165, 1.54) is 7.11 Å². The van der Waals surface area contributed by atoms with Gasteiger partial charge in [0.25, 0.3) is 0 Å². The highest BCUT2D eigenvalue weighted by atomic mass is 35.5. The van der Waals surface area contributed by atoms with Crippen LogP contribution in [0.3, 0.4) is 0 Å². The van der Waals surface area contributed by atoms with Crippen molar-refractivity contribution in [3.8, 4) is 5.75 Å². The van der Waals surface area contributed by atoms with Crippen LogP contribution >= 0.6 is 11.6 Å². The zero-order valence-corrected chi connectivity index (χ0v) is 11.2. The van der Waals surface area contributed by atoms with Gasteiger partial charge in [-0.1, -0.05) is 11.6 Å². The lowest BCUT2D eigenvalue weighted by molar-refractivity contribution is 0.398. The molecule has 0 N–H and O–H groups in total. The first-order valence-corrected chi connectivity index (χ1v) is 7.67. The van der Waals surface area contributed by atoms with Gasteiger partial charge in [-0.2, -0.15) is 5.10 Å². The van der Waals surface area contributed by atoms with E-state index in [9.17, 15) is 8.42 Å². The summed E-state index contributed by atoms with van der Waals surface area (Å²) < 4.78 is 29.6. The molecule has 1 saturated heterocycles. The zero-order chi connectivity index (χ0) is 12.5. The molecule has 7 heteroatoms. The summed E-state index contributed by atoms with van der Waals surface area (Å²) in [6.07, 6.45) is 3.17. The second kappa shape index (κ2) is 4.86. The summed E-state index contributed by atoms with van der Waals surface area (Å²) in [5.41, 5.74) is 0. The fourth-order valence-electron chi connectivity index (χ4n) is 2.12. The molecule has 0 bridgehead atoms. The van der Waals surface area contributed by atoms with Crippen LogP contribution in [0, 0.1) is 5.92 Å². The van der Waals surface area contributed by atoms with Gasteiger partial charge >= 0.3 is 0 Å². The number of hydrogen-bond donors (Lipinski definition) is 0. The number of aromatic nitrogens is 2. The second-order valence-electron chi connectivity index (χ2n) is 4.31. The number of rotatable bonds is 3. The molecule has 0 amide bonds. The minimum atomic E-state index is -2.88. The van der Waals surface area contributed by atoms with Gasteiger partial charge in [0.05, 0.1) is 24.8 Å². The third kappa shape index (κ3) is 2.93. The summed E-state index contributed by atoms with van der Waals surface area (Å²) >= 11 is 6.04. The summed E-state index contributed by atoms with van der Waals surface area (Å²) in [5.74, 6) is 1.15. The quantitative estimate of drug-likeness (QED) is 0.838. The first-order chi connectivity index (χ1) is 8.02. The average molecular weight is 279 g/mol. The summed E-state index contributed by atoms with van der Waals surface area (Å²) in [6.45, 7) is 0.529. The minimum Gasteiger partial charge on any atom is -0.492 e. The highest BCUT2D eigenvalue weighted by Crippen LogP contribution is 2.26. The van der Waals surface area contributed by atoms with Crippen molar-refractivity contribution in [2.24, 2.45) is 5.92 Å². The summed E-state index contributed by atoms with van der Waals surface area (Å²) in [5, 5.41) is 4.52. The molecular formula is C10H15ClN2O3S. The topological polar surface area (TPSA) is 61.2 Å². The van der Waals surface area contributed by atoms with Gasteiger partial charge in [0.1, 0.15) is 0 Å². The molecular weight excluding hydrogens is 264 g/mol. The van der Waals surface area contributed by atoms with E-state index in [1.54, 1.807) is 10.9 Å². The molecule has 0 saturated carbocycles. The standard InChI is InChI=1S/C10H15ClN2O3S/c1-16-9-5-12-13(10(9)11)6-8-3-2-4-17(14,15)7-8/h5,8H,2-4,6-7H2,1H3. The van der Waals surface area contributed by atoms with Gasteiger partial charge in [0, 0.05) is 6.54 Å². The van der Waals surface area contributed by atoms with Crippen molar-refractivity contribution in [2.45, 2.75) is 19.4 Å². The van der Waals surface area contributed by atoms with E-state index in [0.29, 0.717) is 23.2 Å². The third-order valence-corrected chi connectivity index (χ3v) is 5.22. The molecule has 1 aromatic rings. The van der Waals surface area contributed by atoms with Crippen LogP contribution in [0.5, 0.6) is 5.75 Å². The molecule has 2 heterocycles. The van der Waals surface area contributed by atoms with E-state index in [4.69, 9.17) is 16.3 Å². The molecule has 0 aliphatic carbocycles. The Hall–Kier alpha value is -0.750. The van der Waals surface area contributed by atoms with Crippen molar-refractivity contribution < 1.29 is 13.2 Å². The van der Waals surface area contributed by atoms with Crippen molar-refractivity contribution in [1.82, 2.24) is 9.78 Å². The SMILES string of the molecule is COc1cnn(CC2CCCS(=O)(=O)C2)c1Cl. The van der Waals surface area contributed by atoms with Gasteiger partial charge in [-0.25, -0.2) is 8.42 Å². The van der Waals surface area contributed by atoms with Gasteiger partial charge in [0.2, 0.25) is 0 Å². The third-order valence-electron chi connectivity index (χ3n) is 2.95. The Bertz CT molecular complexity index is 498. The molecule has 1 atom stereocenters. The van der Waals surface area contributed by atoms with E-state index in [-0.39, 0.29) is 11.7 Å². The number of sulfone groups is 1. The minimum absolute atomic E-state index is 0.0934. The molecule has 1 fully saturated rings. The van der Waals surface area contributed by atoms with Gasteiger partial charge in [0.15, 0.2) is 20.7 Å². The number of halogens is 1. The normalized spacial score (nSPS) is 23.5. The summed E-state index contributed by atoms with van der Waals surface area (Å²) in [7, 11) is -1.35. The van der Waals surface area contributed by atoms with Gasteiger partial charge in [-0.3, -0.25) is 4.68 Å². The lowest BCUT2D eigenvalue weighted by Crippen LogP contribution is -2.28. The van der Waals surface area contributed by atoms with Crippen LogP contribution < -0.4 is 4.74 Å². The Balaban J connectivity index is 2.08. The smallest absolute Gasteiger partial charge is 0.175 e. The Morgan fingerprint density at radius 1 is 1.65 bits per heavy atom. The first-order valence-electron chi connectivity index (χ1n) is 5.47. The van der Waals surface area contributed by atoms with Crippen molar-refractivity contribution >= 4 is 21.4 Å². The predicted molar refractivity (Wildman–Crippen MR) is 65.2 cm³/mol. The Kier molecular flexibility index (Phi) is 3.63. The van der Waals surface area contributed by atoms with Gasteiger partial charge < -0.3 is 4.74 Å². The maximum atomic E-state index is 11.5. The summed E-state index contributed by atoms with van der Waals surface area (Å²) in [4.78, 5) is 0. The Morgan fingerprint density at radius 2 is 2.41 bits per heavy atom. The Morgan fingerprint density at radius 3 is 3.00 bits per heavy atom. The van der Waals surface area contributed by atoms with Crippen LogP contribution in [0.25, 0.3) is 0 Å². The van der Waals surface area contributed by atoms with Crippen LogP contribution in [0.4, 0.5) is 0 Å². The molecule has 2 rings (SSSR count). The van der Waals surface area contributed by atoms with Crippen molar-refractivity contribution in [3.63, 3.8) is 0 Å². The highest BCUT2D eigenvalue weighted by Gasteiger charge is 2.26. The molecule has 1 aliphatic heterocycles. The fraction of sp³-hybridized carbons (Fsp3) is 0.700. The molecule has 0 radical (unpaired) electrons. The van der Waals surface area contributed by atoms with Crippen LogP contribution in [-0.4, -0.2) is 36.8 Å². The summed E-state index contributed by atoms with van der Waals surface area (Å²) in [6, 6.07) is 0. The van der Waals surface area contributed by atoms with E-state index < -0.39 is 9.84 Å². The van der Waals surface area contributed by atoms with Gasteiger partial charge in [-0.15, -0.1) is 0 Å². The van der Waals surface area contributed by atoms with E-state index in [1.807, 2.05) is 0 Å². The van der Waals surface area contributed by atoms with Crippen molar-refractivity contribution in [2.75, 3.05) is 18.6 Å². The molecule has 0 spiro atoms.